The Morgan fingerprint density at radius 2 is 2.05 bits per heavy atom. The van der Waals surface area contributed by atoms with Crippen LogP contribution in [0.25, 0.3) is 0 Å². The number of hydrogen-bond acceptors (Lipinski definition) is 2. The van der Waals surface area contributed by atoms with Crippen molar-refractivity contribution in [2.45, 2.75) is 26.5 Å². The standard InChI is InChI=1S/C13H13ClF2N2O/c1-8-4-2-3-5-9(8)6-18-12(14)10(7-19)11(17-18)13(15)16/h2-5,13,19H,6-7H2,1H3. The molecule has 0 saturated carbocycles. The molecule has 0 aliphatic heterocycles. The lowest BCUT2D eigenvalue weighted by Gasteiger charge is -2.06. The predicted molar refractivity (Wildman–Crippen MR) is 68.4 cm³/mol. The molecule has 6 heteroatoms. The maximum Gasteiger partial charge on any atom is 0.282 e. The second-order valence-corrected chi connectivity index (χ2v) is 4.56. The van der Waals surface area contributed by atoms with Gasteiger partial charge < -0.3 is 5.11 Å². The van der Waals surface area contributed by atoms with E-state index in [-0.39, 0.29) is 10.7 Å². The van der Waals surface area contributed by atoms with Crippen LogP contribution in [-0.4, -0.2) is 14.9 Å². The first-order valence-electron chi connectivity index (χ1n) is 5.73. The third-order valence-corrected chi connectivity index (χ3v) is 3.38. The minimum absolute atomic E-state index is 0.00903. The van der Waals surface area contributed by atoms with Crippen molar-refractivity contribution in [2.24, 2.45) is 0 Å². The van der Waals surface area contributed by atoms with Gasteiger partial charge in [-0.05, 0) is 18.1 Å². The zero-order valence-corrected chi connectivity index (χ0v) is 11.0. The fourth-order valence-electron chi connectivity index (χ4n) is 1.87. The van der Waals surface area contributed by atoms with Crippen molar-refractivity contribution in [1.29, 1.82) is 0 Å². The molecule has 0 radical (unpaired) electrons. The molecule has 1 heterocycles. The molecule has 1 N–H and O–H groups in total. The van der Waals surface area contributed by atoms with Crippen LogP contribution in [0.1, 0.15) is 28.8 Å². The highest BCUT2D eigenvalue weighted by atomic mass is 35.5. The normalized spacial score (nSPS) is 11.3. The lowest BCUT2D eigenvalue weighted by molar-refractivity contribution is 0.141. The summed E-state index contributed by atoms with van der Waals surface area (Å²) in [6, 6.07) is 7.57. The van der Waals surface area contributed by atoms with Crippen molar-refractivity contribution in [3.05, 3.63) is 51.8 Å². The van der Waals surface area contributed by atoms with Gasteiger partial charge in [-0.3, -0.25) is 0 Å². The highest BCUT2D eigenvalue weighted by Gasteiger charge is 2.22. The van der Waals surface area contributed by atoms with E-state index in [0.717, 1.165) is 11.1 Å². The van der Waals surface area contributed by atoms with Crippen molar-refractivity contribution in [2.75, 3.05) is 0 Å². The molecule has 19 heavy (non-hydrogen) atoms. The minimum Gasteiger partial charge on any atom is -0.391 e. The monoisotopic (exact) mass is 286 g/mol. The number of benzene rings is 1. The molecule has 0 fully saturated rings. The number of aliphatic hydroxyl groups excluding tert-OH is 1. The number of rotatable bonds is 4. The second-order valence-electron chi connectivity index (χ2n) is 4.20. The van der Waals surface area contributed by atoms with E-state index in [1.165, 1.54) is 4.68 Å². The van der Waals surface area contributed by atoms with Crippen molar-refractivity contribution >= 4 is 11.6 Å². The number of halogens is 3. The molecule has 0 amide bonds. The summed E-state index contributed by atoms with van der Waals surface area (Å²) in [5, 5.41) is 13.0. The van der Waals surface area contributed by atoms with E-state index >= 15 is 0 Å². The fraction of sp³-hybridized carbons (Fsp3) is 0.308. The van der Waals surface area contributed by atoms with Gasteiger partial charge in [0, 0.05) is 5.56 Å². The lowest BCUT2D eigenvalue weighted by Crippen LogP contribution is -2.04. The molecule has 0 aliphatic carbocycles. The van der Waals surface area contributed by atoms with Gasteiger partial charge in [-0.1, -0.05) is 35.9 Å². The highest BCUT2D eigenvalue weighted by Crippen LogP contribution is 2.28. The summed E-state index contributed by atoms with van der Waals surface area (Å²) >= 11 is 5.98. The van der Waals surface area contributed by atoms with E-state index in [9.17, 15) is 8.78 Å². The van der Waals surface area contributed by atoms with Crippen molar-refractivity contribution in [3.63, 3.8) is 0 Å². The van der Waals surface area contributed by atoms with Gasteiger partial charge in [0.1, 0.15) is 10.8 Å². The number of nitrogens with zero attached hydrogens (tertiary/aromatic N) is 2. The number of aromatic nitrogens is 2. The third-order valence-electron chi connectivity index (χ3n) is 2.96. The topological polar surface area (TPSA) is 38.0 Å². The summed E-state index contributed by atoms with van der Waals surface area (Å²) in [7, 11) is 0. The Bertz CT molecular complexity index is 584. The number of hydrogen-bond donors (Lipinski definition) is 1. The Hall–Kier alpha value is -1.46. The first kappa shape index (κ1) is 14.0. The van der Waals surface area contributed by atoms with Crippen LogP contribution in [0.4, 0.5) is 8.78 Å². The zero-order chi connectivity index (χ0) is 14.0. The largest absolute Gasteiger partial charge is 0.391 e. The van der Waals surface area contributed by atoms with Crippen LogP contribution >= 0.6 is 11.6 Å². The summed E-state index contributed by atoms with van der Waals surface area (Å²) in [4.78, 5) is 0. The van der Waals surface area contributed by atoms with Crippen LogP contribution in [0.15, 0.2) is 24.3 Å². The van der Waals surface area contributed by atoms with Crippen molar-refractivity contribution < 1.29 is 13.9 Å². The molecule has 0 aliphatic rings. The van der Waals surface area contributed by atoms with Crippen LogP contribution in [-0.2, 0) is 13.2 Å². The van der Waals surface area contributed by atoms with Crippen molar-refractivity contribution in [3.8, 4) is 0 Å². The van der Waals surface area contributed by atoms with Crippen molar-refractivity contribution in [1.82, 2.24) is 9.78 Å². The second kappa shape index (κ2) is 5.67. The SMILES string of the molecule is Cc1ccccc1Cn1nc(C(F)F)c(CO)c1Cl. The van der Waals surface area contributed by atoms with Gasteiger partial charge >= 0.3 is 0 Å². The average Bonchev–Trinajstić information content (AvgIpc) is 2.69. The molecule has 2 rings (SSSR count). The van der Waals surface area contributed by atoms with E-state index < -0.39 is 18.7 Å². The van der Waals surface area contributed by atoms with E-state index in [1.807, 2.05) is 31.2 Å². The van der Waals surface area contributed by atoms with E-state index in [0.29, 0.717) is 6.54 Å². The molecule has 102 valence electrons. The Balaban J connectivity index is 2.39. The summed E-state index contributed by atoms with van der Waals surface area (Å²) in [6.45, 7) is 1.67. The number of alkyl halides is 2. The molecule has 0 spiro atoms. The van der Waals surface area contributed by atoms with Gasteiger partial charge in [-0.15, -0.1) is 0 Å². The first-order chi connectivity index (χ1) is 9.04. The predicted octanol–water partition coefficient (Wildman–Crippen LogP) is 3.32. The van der Waals surface area contributed by atoms with Crippen LogP contribution in [0, 0.1) is 6.92 Å². The number of aliphatic hydroxyl groups is 1. The van der Waals surface area contributed by atoms with Gasteiger partial charge in [-0.2, -0.15) is 5.10 Å². The van der Waals surface area contributed by atoms with Crippen LogP contribution in [0.2, 0.25) is 5.15 Å². The minimum atomic E-state index is -2.75. The number of aryl methyl sites for hydroxylation is 1. The molecule has 0 atom stereocenters. The smallest absolute Gasteiger partial charge is 0.282 e. The maximum absolute atomic E-state index is 12.8. The molecule has 0 unspecified atom stereocenters. The van der Waals surface area contributed by atoms with Gasteiger partial charge in [0.05, 0.1) is 13.2 Å². The molecule has 2 aromatic rings. The van der Waals surface area contributed by atoms with Gasteiger partial charge in [0.2, 0.25) is 0 Å². The van der Waals surface area contributed by atoms with Crippen LogP contribution in [0.3, 0.4) is 0 Å². The Morgan fingerprint density at radius 1 is 1.37 bits per heavy atom. The van der Waals surface area contributed by atoms with Crippen LogP contribution in [0.5, 0.6) is 0 Å². The Morgan fingerprint density at radius 3 is 2.58 bits per heavy atom. The maximum atomic E-state index is 12.8. The molecule has 3 nitrogen and oxygen atoms in total. The average molecular weight is 287 g/mol. The fourth-order valence-corrected chi connectivity index (χ4v) is 2.13. The Labute approximate surface area is 114 Å². The highest BCUT2D eigenvalue weighted by molar-refractivity contribution is 6.30. The van der Waals surface area contributed by atoms with E-state index in [2.05, 4.69) is 5.10 Å². The van der Waals surface area contributed by atoms with Gasteiger partial charge in [-0.25, -0.2) is 13.5 Å². The quantitative estimate of drug-likeness (QED) is 0.936. The zero-order valence-electron chi connectivity index (χ0n) is 10.3. The molecule has 0 saturated heterocycles. The molecular formula is C13H13ClF2N2O. The molecule has 1 aromatic carbocycles. The molecular weight excluding hydrogens is 274 g/mol. The van der Waals surface area contributed by atoms with Crippen LogP contribution < -0.4 is 0 Å². The molecule has 1 aromatic heterocycles. The summed E-state index contributed by atoms with van der Waals surface area (Å²) in [6.07, 6.45) is -2.75. The summed E-state index contributed by atoms with van der Waals surface area (Å²) in [5.41, 5.74) is 1.50. The summed E-state index contributed by atoms with van der Waals surface area (Å²) in [5.74, 6) is 0. The third kappa shape index (κ3) is 2.77. The lowest BCUT2D eigenvalue weighted by atomic mass is 10.1. The Kier molecular flexibility index (Phi) is 4.17. The van der Waals surface area contributed by atoms with Gasteiger partial charge in [0.25, 0.3) is 6.43 Å². The summed E-state index contributed by atoms with van der Waals surface area (Å²) < 4.78 is 26.8. The van der Waals surface area contributed by atoms with E-state index in [1.54, 1.807) is 0 Å². The van der Waals surface area contributed by atoms with Gasteiger partial charge in [0.15, 0.2) is 0 Å². The van der Waals surface area contributed by atoms with E-state index in [4.69, 9.17) is 16.7 Å². The first-order valence-corrected chi connectivity index (χ1v) is 6.11. The molecule has 0 bridgehead atoms.